The minimum Gasteiger partial charge on any atom is -0.497 e. The number of carbonyl (C=O) groups is 1. The lowest BCUT2D eigenvalue weighted by molar-refractivity contribution is 0.0898. The third kappa shape index (κ3) is 3.01. The maximum atomic E-state index is 12.4. The van der Waals surface area contributed by atoms with Gasteiger partial charge in [-0.3, -0.25) is 4.79 Å². The molecule has 4 nitrogen and oxygen atoms in total. The van der Waals surface area contributed by atoms with Crippen molar-refractivity contribution >= 4 is 5.78 Å². The van der Waals surface area contributed by atoms with Crippen LogP contribution in [0.25, 0.3) is 0 Å². The van der Waals surface area contributed by atoms with Gasteiger partial charge in [0.15, 0.2) is 5.78 Å². The molecule has 0 bridgehead atoms. The predicted octanol–water partition coefficient (Wildman–Crippen LogP) is 2.26. The molecule has 2 N–H and O–H groups in total. The van der Waals surface area contributed by atoms with E-state index in [1.54, 1.807) is 25.3 Å². The Bertz CT molecular complexity index is 435. The van der Waals surface area contributed by atoms with Crippen molar-refractivity contribution in [2.45, 2.75) is 26.8 Å². The second kappa shape index (κ2) is 5.40. The molecule has 0 saturated heterocycles. The first-order chi connectivity index (χ1) is 8.31. The molecular weight excluding hydrogens is 230 g/mol. The molecule has 0 fully saturated rings. The number of Topliss-reactive ketones (excluding diaryl/α,β-unsaturated/α-hetero) is 1. The highest BCUT2D eigenvalue weighted by Crippen LogP contribution is 2.28. The zero-order valence-corrected chi connectivity index (χ0v) is 11.6. The Balaban J connectivity index is 3.18. The molecule has 1 atom stereocenters. The normalized spacial score (nSPS) is 13.0. The van der Waals surface area contributed by atoms with Crippen LogP contribution in [-0.2, 0) is 0 Å². The Morgan fingerprint density at radius 2 is 1.83 bits per heavy atom. The Morgan fingerprint density at radius 1 is 1.22 bits per heavy atom. The van der Waals surface area contributed by atoms with E-state index < -0.39 is 6.04 Å². The van der Waals surface area contributed by atoms with Gasteiger partial charge in [0.05, 0.1) is 25.8 Å². The molecule has 0 aromatic heterocycles. The molecule has 4 heteroatoms. The molecule has 0 radical (unpaired) electrons. The summed E-state index contributed by atoms with van der Waals surface area (Å²) in [6.45, 7) is 5.80. The SMILES string of the molecule is COc1ccc(OC)c(C(=O)C(N)C(C)(C)C)c1. The molecule has 1 aromatic rings. The average Bonchev–Trinajstić information content (AvgIpc) is 2.35. The Hall–Kier alpha value is -1.55. The van der Waals surface area contributed by atoms with E-state index in [2.05, 4.69) is 0 Å². The van der Waals surface area contributed by atoms with Crippen LogP contribution < -0.4 is 15.2 Å². The van der Waals surface area contributed by atoms with Crippen molar-refractivity contribution in [3.8, 4) is 11.5 Å². The van der Waals surface area contributed by atoms with Gasteiger partial charge in [0.1, 0.15) is 11.5 Å². The minimum atomic E-state index is -0.585. The number of ketones is 1. The van der Waals surface area contributed by atoms with Gasteiger partial charge in [-0.05, 0) is 23.6 Å². The Kier molecular flexibility index (Phi) is 4.35. The summed E-state index contributed by atoms with van der Waals surface area (Å²) in [6, 6.07) is 4.53. The number of hydrogen-bond acceptors (Lipinski definition) is 4. The number of benzene rings is 1. The second-order valence-electron chi connectivity index (χ2n) is 5.27. The maximum absolute atomic E-state index is 12.4. The first kappa shape index (κ1) is 14.5. The first-order valence-electron chi connectivity index (χ1n) is 5.83. The lowest BCUT2D eigenvalue weighted by Crippen LogP contribution is -2.42. The fourth-order valence-electron chi connectivity index (χ4n) is 1.57. The second-order valence-corrected chi connectivity index (χ2v) is 5.27. The van der Waals surface area contributed by atoms with E-state index in [1.807, 2.05) is 20.8 Å². The van der Waals surface area contributed by atoms with Gasteiger partial charge in [-0.1, -0.05) is 20.8 Å². The number of ether oxygens (including phenoxy) is 2. The quantitative estimate of drug-likeness (QED) is 0.834. The summed E-state index contributed by atoms with van der Waals surface area (Å²) in [7, 11) is 3.08. The number of carbonyl (C=O) groups excluding carboxylic acids is 1. The molecule has 0 spiro atoms. The van der Waals surface area contributed by atoms with Crippen molar-refractivity contribution in [3.05, 3.63) is 23.8 Å². The van der Waals surface area contributed by atoms with Gasteiger partial charge >= 0.3 is 0 Å². The van der Waals surface area contributed by atoms with E-state index in [1.165, 1.54) is 7.11 Å². The van der Waals surface area contributed by atoms with Gasteiger partial charge in [0, 0.05) is 0 Å². The van der Waals surface area contributed by atoms with Crippen LogP contribution in [-0.4, -0.2) is 26.0 Å². The topological polar surface area (TPSA) is 61.5 Å². The summed E-state index contributed by atoms with van der Waals surface area (Å²) in [5.74, 6) is 0.985. The fraction of sp³-hybridized carbons (Fsp3) is 0.500. The summed E-state index contributed by atoms with van der Waals surface area (Å²) >= 11 is 0. The Labute approximate surface area is 108 Å². The van der Waals surface area contributed by atoms with Crippen molar-refractivity contribution in [3.63, 3.8) is 0 Å². The molecule has 1 aromatic carbocycles. The zero-order valence-electron chi connectivity index (χ0n) is 11.6. The van der Waals surface area contributed by atoms with Crippen molar-refractivity contribution in [1.82, 2.24) is 0 Å². The largest absolute Gasteiger partial charge is 0.497 e. The molecule has 100 valence electrons. The van der Waals surface area contributed by atoms with Crippen LogP contribution in [0.1, 0.15) is 31.1 Å². The van der Waals surface area contributed by atoms with E-state index in [4.69, 9.17) is 15.2 Å². The zero-order chi connectivity index (χ0) is 13.9. The van der Waals surface area contributed by atoms with Gasteiger partial charge in [-0.15, -0.1) is 0 Å². The van der Waals surface area contributed by atoms with E-state index in [9.17, 15) is 4.79 Å². The Morgan fingerprint density at radius 3 is 2.28 bits per heavy atom. The smallest absolute Gasteiger partial charge is 0.183 e. The van der Waals surface area contributed by atoms with Crippen LogP contribution in [0.15, 0.2) is 18.2 Å². The van der Waals surface area contributed by atoms with Gasteiger partial charge in [0.25, 0.3) is 0 Å². The molecule has 0 saturated carbocycles. The van der Waals surface area contributed by atoms with Crippen molar-refractivity contribution in [2.75, 3.05) is 14.2 Å². The molecular formula is C14H21NO3. The van der Waals surface area contributed by atoms with Crippen LogP contribution >= 0.6 is 0 Å². The average molecular weight is 251 g/mol. The highest BCUT2D eigenvalue weighted by molar-refractivity contribution is 6.03. The fourth-order valence-corrected chi connectivity index (χ4v) is 1.57. The summed E-state index contributed by atoms with van der Waals surface area (Å²) in [4.78, 5) is 12.4. The highest BCUT2D eigenvalue weighted by atomic mass is 16.5. The third-order valence-corrected chi connectivity index (χ3v) is 2.89. The maximum Gasteiger partial charge on any atom is 0.183 e. The van der Waals surface area contributed by atoms with Crippen LogP contribution in [0.2, 0.25) is 0 Å². The van der Waals surface area contributed by atoms with Gasteiger partial charge in [-0.2, -0.15) is 0 Å². The molecule has 18 heavy (non-hydrogen) atoms. The molecule has 1 rings (SSSR count). The summed E-state index contributed by atoms with van der Waals surface area (Å²) in [5, 5.41) is 0. The van der Waals surface area contributed by atoms with E-state index in [0.717, 1.165) is 0 Å². The summed E-state index contributed by atoms with van der Waals surface area (Å²) in [6.07, 6.45) is 0. The van der Waals surface area contributed by atoms with Crippen LogP contribution in [0.3, 0.4) is 0 Å². The van der Waals surface area contributed by atoms with Crippen molar-refractivity contribution in [1.29, 1.82) is 0 Å². The standard InChI is InChI=1S/C14H21NO3/c1-14(2,3)13(15)12(16)10-8-9(17-4)6-7-11(10)18-5/h6-8,13H,15H2,1-5H3. The number of rotatable bonds is 4. The van der Waals surface area contributed by atoms with Gasteiger partial charge in [0.2, 0.25) is 0 Å². The van der Waals surface area contributed by atoms with E-state index in [0.29, 0.717) is 17.1 Å². The van der Waals surface area contributed by atoms with Crippen LogP contribution in [0.5, 0.6) is 11.5 Å². The van der Waals surface area contributed by atoms with E-state index in [-0.39, 0.29) is 11.2 Å². The monoisotopic (exact) mass is 251 g/mol. The predicted molar refractivity (Wildman–Crippen MR) is 71.3 cm³/mol. The van der Waals surface area contributed by atoms with Crippen LogP contribution in [0, 0.1) is 5.41 Å². The summed E-state index contributed by atoms with van der Waals surface area (Å²) < 4.78 is 10.3. The van der Waals surface area contributed by atoms with Gasteiger partial charge < -0.3 is 15.2 Å². The molecule has 0 aliphatic carbocycles. The third-order valence-electron chi connectivity index (χ3n) is 2.89. The molecule has 0 amide bonds. The minimum absolute atomic E-state index is 0.141. The first-order valence-corrected chi connectivity index (χ1v) is 5.83. The summed E-state index contributed by atoms with van der Waals surface area (Å²) in [5.41, 5.74) is 6.15. The number of methoxy groups -OCH3 is 2. The molecule has 0 heterocycles. The number of hydrogen-bond donors (Lipinski definition) is 1. The lowest BCUT2D eigenvalue weighted by Gasteiger charge is -2.26. The van der Waals surface area contributed by atoms with Crippen molar-refractivity contribution < 1.29 is 14.3 Å². The van der Waals surface area contributed by atoms with Crippen molar-refractivity contribution in [2.24, 2.45) is 11.1 Å². The molecule has 0 aliphatic rings. The molecule has 1 unspecified atom stereocenters. The molecule has 0 aliphatic heterocycles. The lowest BCUT2D eigenvalue weighted by atomic mass is 9.82. The number of nitrogens with two attached hydrogens (primary N) is 1. The van der Waals surface area contributed by atoms with E-state index >= 15 is 0 Å². The highest BCUT2D eigenvalue weighted by Gasteiger charge is 2.30. The van der Waals surface area contributed by atoms with Gasteiger partial charge in [-0.25, -0.2) is 0 Å². The van der Waals surface area contributed by atoms with Crippen LogP contribution in [0.4, 0.5) is 0 Å².